The van der Waals surface area contributed by atoms with Gasteiger partial charge in [-0.25, -0.2) is 14.4 Å². The second kappa shape index (κ2) is 12.7. The molecule has 0 bridgehead atoms. The Hall–Kier alpha value is -4.27. The van der Waals surface area contributed by atoms with Crippen LogP contribution in [-0.2, 0) is 29.0 Å². The molecule has 9 nitrogen and oxygen atoms in total. The number of nitrogens with zero attached hydrogens (tertiary/aromatic N) is 2. The van der Waals surface area contributed by atoms with Gasteiger partial charge in [0.1, 0.15) is 12.2 Å². The van der Waals surface area contributed by atoms with Crippen LogP contribution in [0.1, 0.15) is 83.5 Å². The maximum Gasteiger partial charge on any atom is 0.407 e. The molecule has 0 fully saturated rings. The third-order valence-corrected chi connectivity index (χ3v) is 5.94. The Morgan fingerprint density at radius 2 is 1.70 bits per heavy atom. The van der Waals surface area contributed by atoms with Crippen molar-refractivity contribution >= 4 is 18.0 Å². The lowest BCUT2D eigenvalue weighted by Gasteiger charge is -2.23. The first-order valence-electron chi connectivity index (χ1n) is 13.2. The average Bonchev–Trinajstić information content (AvgIpc) is 2.85. The second-order valence-electron chi connectivity index (χ2n) is 11.1. The molecule has 212 valence electrons. The van der Waals surface area contributed by atoms with Crippen molar-refractivity contribution in [1.29, 1.82) is 0 Å². The van der Waals surface area contributed by atoms with Gasteiger partial charge in [0.2, 0.25) is 0 Å². The molecular formula is C31H37N3O6. The van der Waals surface area contributed by atoms with Crippen LogP contribution in [-0.4, -0.2) is 38.7 Å². The number of aromatic carboxylic acids is 1. The number of alkyl carbamates (subject to hydrolysis) is 1. The van der Waals surface area contributed by atoms with Crippen LogP contribution in [0.25, 0.3) is 11.1 Å². The molecule has 0 spiro atoms. The zero-order chi connectivity index (χ0) is 29.6. The van der Waals surface area contributed by atoms with E-state index in [4.69, 9.17) is 19.6 Å². The van der Waals surface area contributed by atoms with Gasteiger partial charge in [-0.05, 0) is 64.7 Å². The van der Waals surface area contributed by atoms with E-state index in [1.54, 1.807) is 27.7 Å². The normalized spacial score (nSPS) is 11.3. The van der Waals surface area contributed by atoms with Crippen LogP contribution >= 0.6 is 0 Å². The van der Waals surface area contributed by atoms with Gasteiger partial charge in [0, 0.05) is 29.6 Å². The molecule has 1 amide bonds. The SMILES string of the molecule is Cc1ccc(-c2c(CNC(=O)OC(C)(C)C)c(CC(C)C)nc(C)c2C(=O)OCc2ccc(C(=O)O)cn2)cc1. The Labute approximate surface area is 235 Å². The van der Waals surface area contributed by atoms with Gasteiger partial charge in [-0.1, -0.05) is 43.7 Å². The third-order valence-electron chi connectivity index (χ3n) is 5.94. The van der Waals surface area contributed by atoms with Crippen LogP contribution in [0.4, 0.5) is 4.79 Å². The Morgan fingerprint density at radius 3 is 2.25 bits per heavy atom. The molecule has 2 aromatic heterocycles. The lowest BCUT2D eigenvalue weighted by atomic mass is 9.89. The molecule has 9 heteroatoms. The lowest BCUT2D eigenvalue weighted by molar-refractivity contribution is 0.0465. The standard InChI is InChI=1S/C31H37N3O6/c1-18(2)14-25-24(16-33-30(38)40-31(5,6)7)27(21-10-8-19(3)9-11-21)26(20(4)34-25)29(37)39-17-23-13-12-22(15-32-23)28(35)36/h8-13,15,18H,14,16-17H2,1-7H3,(H,33,38)(H,35,36). The predicted molar refractivity (Wildman–Crippen MR) is 151 cm³/mol. The fourth-order valence-corrected chi connectivity index (χ4v) is 4.16. The second-order valence-corrected chi connectivity index (χ2v) is 11.1. The molecule has 3 aromatic rings. The number of hydrogen-bond donors (Lipinski definition) is 2. The van der Waals surface area contributed by atoms with Crippen LogP contribution in [0.3, 0.4) is 0 Å². The van der Waals surface area contributed by atoms with Crippen molar-refractivity contribution < 1.29 is 29.0 Å². The molecule has 40 heavy (non-hydrogen) atoms. The fourth-order valence-electron chi connectivity index (χ4n) is 4.16. The first-order valence-corrected chi connectivity index (χ1v) is 13.2. The van der Waals surface area contributed by atoms with Crippen molar-refractivity contribution in [3.05, 3.63) is 81.9 Å². The van der Waals surface area contributed by atoms with Gasteiger partial charge in [0.05, 0.1) is 22.5 Å². The monoisotopic (exact) mass is 547 g/mol. The van der Waals surface area contributed by atoms with E-state index in [2.05, 4.69) is 24.1 Å². The summed E-state index contributed by atoms with van der Waals surface area (Å²) >= 11 is 0. The zero-order valence-electron chi connectivity index (χ0n) is 24.1. The molecule has 0 aliphatic rings. The minimum absolute atomic E-state index is 0.0413. The molecule has 0 radical (unpaired) electrons. The van der Waals surface area contributed by atoms with Gasteiger partial charge in [-0.2, -0.15) is 0 Å². The van der Waals surface area contributed by atoms with Gasteiger partial charge in [0.15, 0.2) is 0 Å². The molecular weight excluding hydrogens is 510 g/mol. The van der Waals surface area contributed by atoms with Gasteiger partial charge in [0.25, 0.3) is 0 Å². The van der Waals surface area contributed by atoms with Crippen LogP contribution in [0, 0.1) is 19.8 Å². The van der Waals surface area contributed by atoms with E-state index in [9.17, 15) is 14.4 Å². The van der Waals surface area contributed by atoms with Gasteiger partial charge in [-0.3, -0.25) is 9.97 Å². The average molecular weight is 548 g/mol. The van der Waals surface area contributed by atoms with E-state index in [-0.39, 0.29) is 24.6 Å². The smallest absolute Gasteiger partial charge is 0.407 e. The predicted octanol–water partition coefficient (Wildman–Crippen LogP) is 6.04. The molecule has 2 heterocycles. The number of carboxylic acids is 1. The summed E-state index contributed by atoms with van der Waals surface area (Å²) in [6.45, 7) is 13.2. The molecule has 0 atom stereocenters. The Morgan fingerprint density at radius 1 is 1.02 bits per heavy atom. The highest BCUT2D eigenvalue weighted by Gasteiger charge is 2.26. The summed E-state index contributed by atoms with van der Waals surface area (Å²) in [7, 11) is 0. The van der Waals surface area contributed by atoms with Crippen molar-refractivity contribution in [1.82, 2.24) is 15.3 Å². The van der Waals surface area contributed by atoms with Crippen molar-refractivity contribution in [2.75, 3.05) is 0 Å². The van der Waals surface area contributed by atoms with Crippen molar-refractivity contribution in [2.45, 2.75) is 73.6 Å². The third kappa shape index (κ3) is 8.11. The minimum atomic E-state index is -1.09. The molecule has 0 saturated heterocycles. The van der Waals surface area contributed by atoms with Crippen LogP contribution < -0.4 is 5.32 Å². The number of benzene rings is 1. The number of carbonyl (C=O) groups is 3. The highest BCUT2D eigenvalue weighted by molar-refractivity contribution is 5.99. The number of hydrogen-bond acceptors (Lipinski definition) is 7. The highest BCUT2D eigenvalue weighted by atomic mass is 16.6. The van der Waals surface area contributed by atoms with Crippen LogP contribution in [0.2, 0.25) is 0 Å². The number of rotatable bonds is 9. The maximum atomic E-state index is 13.6. The Balaban J connectivity index is 2.07. The van der Waals surface area contributed by atoms with Gasteiger partial charge in [-0.15, -0.1) is 0 Å². The van der Waals surface area contributed by atoms with Gasteiger partial charge < -0.3 is 19.9 Å². The molecule has 0 saturated carbocycles. The summed E-state index contributed by atoms with van der Waals surface area (Å²) in [5.74, 6) is -1.41. The number of pyridine rings is 2. The first-order chi connectivity index (χ1) is 18.7. The van der Waals surface area contributed by atoms with E-state index >= 15 is 0 Å². The summed E-state index contributed by atoms with van der Waals surface area (Å²) in [5, 5.41) is 11.9. The topological polar surface area (TPSA) is 128 Å². The number of aromatic nitrogens is 2. The van der Waals surface area contributed by atoms with Crippen LogP contribution in [0.5, 0.6) is 0 Å². The Kier molecular flexibility index (Phi) is 9.63. The number of esters is 1. The van der Waals surface area contributed by atoms with Gasteiger partial charge >= 0.3 is 18.0 Å². The number of carbonyl (C=O) groups excluding carboxylic acids is 2. The first kappa shape index (κ1) is 30.3. The molecule has 0 unspecified atom stereocenters. The minimum Gasteiger partial charge on any atom is -0.478 e. The molecule has 3 rings (SSSR count). The number of aryl methyl sites for hydroxylation is 2. The maximum absolute atomic E-state index is 13.6. The van der Waals surface area contributed by atoms with E-state index in [1.165, 1.54) is 18.3 Å². The summed E-state index contributed by atoms with van der Waals surface area (Å²) in [5.41, 5.74) is 4.56. The lowest BCUT2D eigenvalue weighted by Crippen LogP contribution is -2.32. The molecule has 0 aliphatic carbocycles. The zero-order valence-corrected chi connectivity index (χ0v) is 24.1. The number of nitrogens with one attached hydrogen (secondary N) is 1. The Bertz CT molecular complexity index is 1370. The van der Waals surface area contributed by atoms with Crippen molar-refractivity contribution in [3.8, 4) is 11.1 Å². The number of carboxylic acid groups (broad SMARTS) is 1. The molecule has 2 N–H and O–H groups in total. The van der Waals surface area contributed by atoms with E-state index in [1.807, 2.05) is 31.2 Å². The molecule has 1 aromatic carbocycles. The summed E-state index contributed by atoms with van der Waals surface area (Å²) < 4.78 is 11.1. The fraction of sp³-hybridized carbons (Fsp3) is 0.387. The van der Waals surface area contributed by atoms with Crippen molar-refractivity contribution in [2.24, 2.45) is 5.92 Å². The van der Waals surface area contributed by atoms with E-state index in [0.29, 0.717) is 34.5 Å². The number of ether oxygens (including phenoxy) is 2. The van der Waals surface area contributed by atoms with E-state index < -0.39 is 23.6 Å². The summed E-state index contributed by atoms with van der Waals surface area (Å²) in [4.78, 5) is 46.2. The summed E-state index contributed by atoms with van der Waals surface area (Å²) in [6.07, 6.45) is 1.29. The number of amides is 1. The van der Waals surface area contributed by atoms with Crippen molar-refractivity contribution in [3.63, 3.8) is 0 Å². The molecule has 0 aliphatic heterocycles. The van der Waals surface area contributed by atoms with Crippen LogP contribution in [0.15, 0.2) is 42.6 Å². The summed E-state index contributed by atoms with van der Waals surface area (Å²) in [6, 6.07) is 10.7. The van der Waals surface area contributed by atoms with E-state index in [0.717, 1.165) is 16.8 Å². The largest absolute Gasteiger partial charge is 0.478 e. The quantitative estimate of drug-likeness (QED) is 0.310. The highest BCUT2D eigenvalue weighted by Crippen LogP contribution is 2.33.